The average Bonchev–Trinajstić information content (AvgIpc) is 0.918. The molecule has 0 N–H and O–H groups in total. The van der Waals surface area contributed by atoms with E-state index in [2.05, 4.69) is 35.3 Å². The Morgan fingerprint density at radius 2 is 1.50 bits per heavy atom. The van der Waals surface area contributed by atoms with E-state index < -0.39 is 0 Å². The van der Waals surface area contributed by atoms with Crippen LogP contribution >= 0.6 is 35.3 Å². The molecule has 0 spiro atoms. The molecule has 0 aliphatic carbocycles. The first-order chi connectivity index (χ1) is 1.41. The van der Waals surface area contributed by atoms with Gasteiger partial charge in [-0.2, -0.15) is 0 Å². The SMILES string of the molecule is [Ba+2].[H-].[H-].[I][Hg][I]. The summed E-state index contributed by atoms with van der Waals surface area (Å²) in [6, 6.07) is 0. The predicted molar refractivity (Wildman–Crippen MR) is 36.0 cm³/mol. The quantitative estimate of drug-likeness (QED) is 0.296. The van der Waals surface area contributed by atoms with Crippen LogP contribution in [0.4, 0.5) is 0 Å². The third-order valence-corrected chi connectivity index (χ3v) is 0. The van der Waals surface area contributed by atoms with Gasteiger partial charge in [-0.3, -0.25) is 0 Å². The summed E-state index contributed by atoms with van der Waals surface area (Å²) < 4.78 is 0. The summed E-state index contributed by atoms with van der Waals surface area (Å²) in [5, 5.41) is 0. The van der Waals surface area contributed by atoms with Gasteiger partial charge in [0.1, 0.15) is 0 Å². The van der Waals surface area contributed by atoms with Crippen molar-refractivity contribution in [3.05, 3.63) is 0 Å². The van der Waals surface area contributed by atoms with Crippen LogP contribution in [-0.2, 0) is 15.9 Å². The van der Waals surface area contributed by atoms with Gasteiger partial charge in [-0.25, -0.2) is 0 Å². The molecule has 0 aromatic carbocycles. The Hall–Kier alpha value is 3.97. The van der Waals surface area contributed by atoms with Crippen LogP contribution in [0, 0.1) is 0 Å². The van der Waals surface area contributed by atoms with Crippen molar-refractivity contribution in [1.29, 1.82) is 0 Å². The molecule has 0 aliphatic rings. The van der Waals surface area contributed by atoms with Crippen molar-refractivity contribution in [2.75, 3.05) is 0 Å². The van der Waals surface area contributed by atoms with Crippen LogP contribution in [-0.4, -0.2) is 48.9 Å². The standard InChI is InChI=1S/Ba.Hg.2HI.2H/h;;2*1H;;/q2*+2;;;2*-1/p-2. The van der Waals surface area contributed by atoms with Crippen LogP contribution in [0.2, 0.25) is 0 Å². The minimum atomic E-state index is -0.143. The molecule has 0 radical (unpaired) electrons. The van der Waals surface area contributed by atoms with Gasteiger partial charge in [0, 0.05) is 0 Å². The molecule has 0 bridgehead atoms. The van der Waals surface area contributed by atoms with E-state index in [1.165, 1.54) is 0 Å². The number of rotatable bonds is 0. The zero-order chi connectivity index (χ0) is 2.71. The van der Waals surface area contributed by atoms with Crippen molar-refractivity contribution in [2.24, 2.45) is 0 Å². The van der Waals surface area contributed by atoms with Crippen molar-refractivity contribution in [2.45, 2.75) is 0 Å². The Bertz CT molecular complexity index is 11.5. The van der Waals surface area contributed by atoms with Gasteiger partial charge < -0.3 is 2.85 Å². The molecule has 0 heterocycles. The molecule has 0 amide bonds. The van der Waals surface area contributed by atoms with Gasteiger partial charge in [-0.1, -0.05) is 0 Å². The van der Waals surface area contributed by atoms with Crippen molar-refractivity contribution >= 4 is 84.2 Å². The normalized spacial score (nSPS) is 2.50. The Labute approximate surface area is 99.5 Å². The van der Waals surface area contributed by atoms with Gasteiger partial charge in [-0.05, 0) is 0 Å². The molecule has 0 saturated carbocycles. The number of hydrogen-bond acceptors (Lipinski definition) is 0. The molecule has 0 aromatic rings. The fourth-order valence-corrected chi connectivity index (χ4v) is 0. The van der Waals surface area contributed by atoms with Gasteiger partial charge in [0.25, 0.3) is 0 Å². The first kappa shape index (κ1) is 10.9. The van der Waals surface area contributed by atoms with E-state index in [4.69, 9.17) is 0 Å². The average molecular weight is 594 g/mol. The zero-order valence-electron chi connectivity index (χ0n) is 4.17. The summed E-state index contributed by atoms with van der Waals surface area (Å²) in [6.45, 7) is 0. The van der Waals surface area contributed by atoms with Gasteiger partial charge >= 0.3 is 100 Å². The van der Waals surface area contributed by atoms with Crippen LogP contribution < -0.4 is 0 Å². The van der Waals surface area contributed by atoms with E-state index in [1.807, 2.05) is 0 Å². The molecule has 0 saturated heterocycles. The van der Waals surface area contributed by atoms with Crippen LogP contribution in [0.1, 0.15) is 2.85 Å². The maximum absolute atomic E-state index is 2.50. The van der Waals surface area contributed by atoms with Gasteiger partial charge in [0.15, 0.2) is 0 Å². The van der Waals surface area contributed by atoms with Crippen LogP contribution in [0.15, 0.2) is 0 Å². The zero-order valence-corrected chi connectivity index (χ0v) is 16.4. The topological polar surface area (TPSA) is 0 Å². The summed E-state index contributed by atoms with van der Waals surface area (Å²) >= 11 is 4.85. The molecule has 0 rings (SSSR count). The van der Waals surface area contributed by atoms with E-state index in [0.717, 1.165) is 0 Å². The molecule has 4 heteroatoms. The molecule has 0 unspecified atom stereocenters. The summed E-state index contributed by atoms with van der Waals surface area (Å²) in [4.78, 5) is 0. The molecule has 0 aliphatic heterocycles. The van der Waals surface area contributed by atoms with Gasteiger partial charge in [0.2, 0.25) is 0 Å². The molecule has 0 aromatic heterocycles. The minimum absolute atomic E-state index is 0. The first-order valence-corrected chi connectivity index (χ1v) is 31.5. The third kappa shape index (κ3) is 9.35. The van der Waals surface area contributed by atoms with E-state index in [-0.39, 0.29) is 67.7 Å². The fraction of sp³-hybridized carbons (Fsp3) is 0. The predicted octanol–water partition coefficient (Wildman–Crippen LogP) is 1.61. The summed E-state index contributed by atoms with van der Waals surface area (Å²) in [5.74, 6) is 0. The Morgan fingerprint density at radius 1 is 1.50 bits per heavy atom. The van der Waals surface area contributed by atoms with Gasteiger partial charge in [-0.15, -0.1) is 0 Å². The molecule has 0 fully saturated rings. The summed E-state index contributed by atoms with van der Waals surface area (Å²) in [7, 11) is 0. The van der Waals surface area contributed by atoms with E-state index >= 15 is 0 Å². The number of halogens is 2. The van der Waals surface area contributed by atoms with Gasteiger partial charge in [0.05, 0.1) is 0 Å². The number of hydrogen-bond donors (Lipinski definition) is 0. The second-order valence-electron chi connectivity index (χ2n) is 0.101. The van der Waals surface area contributed by atoms with E-state index in [9.17, 15) is 0 Å². The van der Waals surface area contributed by atoms with Crippen LogP contribution in [0.3, 0.4) is 0 Å². The van der Waals surface area contributed by atoms with Crippen molar-refractivity contribution in [1.82, 2.24) is 0 Å². The first-order valence-electron chi connectivity index (χ1n) is 0.535. The second-order valence-corrected chi connectivity index (χ2v) is 39.9. The Balaban J connectivity index is -0.00000000667. The summed E-state index contributed by atoms with van der Waals surface area (Å²) in [5.41, 5.74) is 0. The van der Waals surface area contributed by atoms with Crippen molar-refractivity contribution < 1.29 is 18.8 Å². The fourth-order valence-electron chi connectivity index (χ4n) is 0. The monoisotopic (exact) mass is 596 g/mol. The van der Waals surface area contributed by atoms with E-state index in [1.54, 1.807) is 0 Å². The molecule has 4 heavy (non-hydrogen) atoms. The van der Waals surface area contributed by atoms with E-state index in [0.29, 0.717) is 0 Å². The van der Waals surface area contributed by atoms with Crippen molar-refractivity contribution in [3.8, 4) is 0 Å². The summed E-state index contributed by atoms with van der Waals surface area (Å²) in [6.07, 6.45) is 0. The second kappa shape index (κ2) is 10.1. The maximum atomic E-state index is 2.50. The molecular formula is H2BaHgI2. The third-order valence-electron chi connectivity index (χ3n) is 0. The molecular weight excluding hydrogens is 592 g/mol. The van der Waals surface area contributed by atoms with Crippen molar-refractivity contribution in [3.63, 3.8) is 0 Å². The molecule has 0 atom stereocenters. The van der Waals surface area contributed by atoms with Crippen LogP contribution in [0.5, 0.6) is 0 Å². The Kier molecular flexibility index (Phi) is 27.3. The van der Waals surface area contributed by atoms with Crippen LogP contribution in [0.25, 0.3) is 0 Å². The molecule has 20 valence electrons. The molecule has 0 nitrogen and oxygen atoms in total. The Morgan fingerprint density at radius 3 is 1.50 bits per heavy atom.